The Bertz CT molecular complexity index is 1250. The second-order valence-corrected chi connectivity index (χ2v) is 8.62. The van der Waals surface area contributed by atoms with Crippen LogP contribution in [0.1, 0.15) is 18.1 Å². The number of pyridine rings is 1. The zero-order chi connectivity index (χ0) is 26.4. The van der Waals surface area contributed by atoms with Gasteiger partial charge in [0.05, 0.1) is 33.6 Å². The van der Waals surface area contributed by atoms with Crippen LogP contribution in [0.2, 0.25) is 0 Å². The minimum absolute atomic E-state index is 0.119. The highest BCUT2D eigenvalue weighted by molar-refractivity contribution is 7.96. The maximum Gasteiger partial charge on any atom is 0.416 e. The maximum atomic E-state index is 13.4. The normalized spacial score (nSPS) is 12.9. The van der Waals surface area contributed by atoms with Gasteiger partial charge in [-0.05, 0) is 49.4 Å². The van der Waals surface area contributed by atoms with Crippen molar-refractivity contribution in [1.82, 2.24) is 4.98 Å². The van der Waals surface area contributed by atoms with Gasteiger partial charge < -0.3 is 5.32 Å². The van der Waals surface area contributed by atoms with Crippen molar-refractivity contribution in [2.45, 2.75) is 19.3 Å². The molecule has 186 valence electrons. The summed E-state index contributed by atoms with van der Waals surface area (Å²) in [5, 5.41) is 2.28. The molecule has 0 radical (unpaired) electrons. The number of alkyl halides is 6. The van der Waals surface area contributed by atoms with Gasteiger partial charge in [-0.1, -0.05) is 12.0 Å². The van der Waals surface area contributed by atoms with Gasteiger partial charge in [0.1, 0.15) is 6.54 Å². The van der Waals surface area contributed by atoms with Crippen LogP contribution >= 0.6 is 0 Å². The number of carbonyl (C=O) groups excluding carboxylic acids is 1. The van der Waals surface area contributed by atoms with Crippen LogP contribution in [-0.4, -0.2) is 25.9 Å². The summed E-state index contributed by atoms with van der Waals surface area (Å²) in [6.07, 6.45) is 0.0788. The summed E-state index contributed by atoms with van der Waals surface area (Å²) in [4.78, 5) is 15.8. The molecule has 0 saturated carbocycles. The van der Waals surface area contributed by atoms with E-state index in [1.165, 1.54) is 31.5 Å². The topological polar surface area (TPSA) is 79.4 Å². The quantitative estimate of drug-likeness (QED) is 0.319. The Morgan fingerprint density at radius 3 is 2.20 bits per heavy atom. The van der Waals surface area contributed by atoms with Crippen LogP contribution in [0.3, 0.4) is 0 Å². The Morgan fingerprint density at radius 1 is 1.14 bits per heavy atom. The third-order valence-corrected chi connectivity index (χ3v) is 6.20. The lowest BCUT2D eigenvalue weighted by Gasteiger charge is -2.26. The average molecular weight is 517 g/mol. The molecule has 0 bridgehead atoms. The Morgan fingerprint density at radius 2 is 1.74 bits per heavy atom. The summed E-state index contributed by atoms with van der Waals surface area (Å²) in [5.41, 5.74) is -4.41. The summed E-state index contributed by atoms with van der Waals surface area (Å²) in [6.45, 7) is 0.103. The van der Waals surface area contributed by atoms with Gasteiger partial charge >= 0.3 is 12.4 Å². The molecule has 0 fully saturated rings. The van der Waals surface area contributed by atoms with E-state index in [1.807, 2.05) is 5.92 Å². The summed E-state index contributed by atoms with van der Waals surface area (Å²) in [5.74, 6) is 0.975. The smallest absolute Gasteiger partial charge is 0.323 e. The zero-order valence-electron chi connectivity index (χ0n) is 17.9. The number of benzene rings is 1. The van der Waals surface area contributed by atoms with Crippen LogP contribution in [0, 0.1) is 12.3 Å². The monoisotopic (exact) mass is 517 g/mol. The van der Waals surface area contributed by atoms with Gasteiger partial charge in [0.25, 0.3) is 10.0 Å². The zero-order valence-corrected chi connectivity index (χ0v) is 18.7. The van der Waals surface area contributed by atoms with E-state index in [9.17, 15) is 39.6 Å². The molecule has 13 heteroatoms. The lowest BCUT2D eigenvalue weighted by molar-refractivity contribution is -0.143. The van der Waals surface area contributed by atoms with Crippen LogP contribution in [0.4, 0.5) is 37.7 Å². The second kappa shape index (κ2) is 10.6. The number of aromatic nitrogens is 1. The summed E-state index contributed by atoms with van der Waals surface area (Å²) < 4.78 is 107. The fourth-order valence-electron chi connectivity index (χ4n) is 2.75. The molecule has 2 rings (SSSR count). The van der Waals surface area contributed by atoms with E-state index < -0.39 is 56.5 Å². The van der Waals surface area contributed by atoms with Crippen molar-refractivity contribution in [3.05, 3.63) is 77.0 Å². The molecule has 1 N–H and O–H groups in total. The van der Waals surface area contributed by atoms with Crippen molar-refractivity contribution in [1.29, 1.82) is 0 Å². The number of terminal acetylenes is 1. The first-order chi connectivity index (χ1) is 16.2. The highest BCUT2D eigenvalue weighted by Gasteiger charge is 2.39. The Hall–Kier alpha value is -3.79. The minimum Gasteiger partial charge on any atom is -0.323 e. The first-order valence-corrected chi connectivity index (χ1v) is 10.9. The highest BCUT2D eigenvalue weighted by atomic mass is 32.2. The van der Waals surface area contributed by atoms with Crippen molar-refractivity contribution in [2.24, 2.45) is 0 Å². The fraction of sp³-hybridized carbons (Fsp3) is 0.182. The average Bonchev–Trinajstić information content (AvgIpc) is 2.77. The fourth-order valence-corrected chi connectivity index (χ4v) is 4.22. The number of halogens is 6. The Kier molecular flexibility index (Phi) is 8.35. The minimum atomic E-state index is -5.24. The van der Waals surface area contributed by atoms with Gasteiger partial charge in [-0.25, -0.2) is 8.42 Å². The van der Waals surface area contributed by atoms with Crippen LogP contribution in [0.25, 0.3) is 0 Å². The molecule has 6 nitrogen and oxygen atoms in total. The third-order valence-electron chi connectivity index (χ3n) is 4.31. The number of nitrogens with zero attached hydrogens (tertiary/aromatic N) is 2. The molecule has 0 atom stereocenters. The van der Waals surface area contributed by atoms with Gasteiger partial charge in [0, 0.05) is 6.20 Å². The van der Waals surface area contributed by atoms with E-state index in [0.29, 0.717) is 0 Å². The number of hydrogen-bond acceptors (Lipinski definition) is 4. The number of anilines is 2. The molecular formula is C22H17F6N3O3S. The van der Waals surface area contributed by atoms with E-state index in [1.54, 1.807) is 0 Å². The standard InChI is InChI=1S/C22H17F6N3O3S/c1-3-5-8-19(4-2)35(33,34)31(14-20(32)30-17-7-6-9-29-13-17)18-11-15(21(23,24)25)10-16(12-18)22(26,27)28/h1,4-13H,14H2,2H3,(H,30,32)/b8-5-,19-4+. The number of allylic oxidation sites excluding steroid dienone is 3. The van der Waals surface area contributed by atoms with Gasteiger partial charge in [0.2, 0.25) is 5.91 Å². The second-order valence-electron chi connectivity index (χ2n) is 6.76. The molecular weight excluding hydrogens is 500 g/mol. The molecule has 1 aromatic carbocycles. The number of rotatable bonds is 7. The molecule has 1 heterocycles. The van der Waals surface area contributed by atoms with Crippen molar-refractivity contribution >= 4 is 27.3 Å². The van der Waals surface area contributed by atoms with Crippen molar-refractivity contribution in [3.8, 4) is 12.3 Å². The van der Waals surface area contributed by atoms with Gasteiger partial charge in [-0.2, -0.15) is 26.3 Å². The lowest BCUT2D eigenvalue weighted by Crippen LogP contribution is -2.39. The first-order valence-electron chi connectivity index (χ1n) is 9.51. The predicted molar refractivity (Wildman–Crippen MR) is 117 cm³/mol. The van der Waals surface area contributed by atoms with Gasteiger partial charge in [-0.15, -0.1) is 6.42 Å². The summed E-state index contributed by atoms with van der Waals surface area (Å²) in [7, 11) is -4.85. The third kappa shape index (κ3) is 7.10. The number of sulfonamides is 1. The maximum absolute atomic E-state index is 13.4. The molecule has 0 aliphatic carbocycles. The lowest BCUT2D eigenvalue weighted by atomic mass is 10.1. The van der Waals surface area contributed by atoms with Crippen LogP contribution < -0.4 is 9.62 Å². The Balaban J connectivity index is 2.70. The van der Waals surface area contributed by atoms with Crippen LogP contribution in [-0.2, 0) is 27.2 Å². The van der Waals surface area contributed by atoms with E-state index >= 15 is 0 Å². The molecule has 0 unspecified atom stereocenters. The summed E-state index contributed by atoms with van der Waals surface area (Å²) >= 11 is 0. The van der Waals surface area contributed by atoms with E-state index in [4.69, 9.17) is 6.42 Å². The molecule has 2 aromatic rings. The predicted octanol–water partition coefficient (Wildman–Crippen LogP) is 4.99. The van der Waals surface area contributed by atoms with Gasteiger partial charge in [0.15, 0.2) is 0 Å². The molecule has 1 aromatic heterocycles. The van der Waals surface area contributed by atoms with Crippen LogP contribution in [0.15, 0.2) is 65.9 Å². The number of hydrogen-bond donors (Lipinski definition) is 1. The van der Waals surface area contributed by atoms with Crippen LogP contribution in [0.5, 0.6) is 0 Å². The largest absolute Gasteiger partial charge is 0.416 e. The highest BCUT2D eigenvalue weighted by Crippen LogP contribution is 2.39. The number of nitrogens with one attached hydrogen (secondary N) is 1. The van der Waals surface area contributed by atoms with Gasteiger partial charge in [-0.3, -0.25) is 14.1 Å². The molecule has 0 aliphatic heterocycles. The van der Waals surface area contributed by atoms with E-state index in [2.05, 4.69) is 10.3 Å². The Labute approximate surface area is 197 Å². The van der Waals surface area contributed by atoms with Crippen molar-refractivity contribution in [3.63, 3.8) is 0 Å². The van der Waals surface area contributed by atoms with E-state index in [-0.39, 0.29) is 28.2 Å². The molecule has 35 heavy (non-hydrogen) atoms. The molecule has 1 amide bonds. The molecule has 0 spiro atoms. The van der Waals surface area contributed by atoms with Crippen molar-refractivity contribution < 1.29 is 39.6 Å². The first kappa shape index (κ1) is 27.5. The SMILES string of the molecule is C#C/C=C\C(=C/C)S(=O)(=O)N(CC(=O)Nc1cccnc1)c1cc(C(F)(F)F)cc(C(F)(F)F)c1. The molecule has 0 aliphatic rings. The number of amides is 1. The number of carbonyl (C=O) groups is 1. The summed E-state index contributed by atoms with van der Waals surface area (Å²) in [6, 6.07) is 3.10. The van der Waals surface area contributed by atoms with E-state index in [0.717, 1.165) is 18.2 Å². The molecule has 0 saturated heterocycles. The van der Waals surface area contributed by atoms with Crippen molar-refractivity contribution in [2.75, 3.05) is 16.2 Å².